The van der Waals surface area contributed by atoms with Crippen molar-refractivity contribution in [3.63, 3.8) is 0 Å². The van der Waals surface area contributed by atoms with Crippen LogP contribution in [0.3, 0.4) is 0 Å². The number of rotatable bonds is 7. The van der Waals surface area contributed by atoms with Gasteiger partial charge in [0.05, 0.1) is 10.6 Å². The largest absolute Gasteiger partial charge is 0.320 e. The van der Waals surface area contributed by atoms with Crippen LogP contribution in [0.1, 0.15) is 6.42 Å². The molecule has 0 amide bonds. The Morgan fingerprint density at radius 2 is 1.63 bits per heavy atom. The van der Waals surface area contributed by atoms with Crippen molar-refractivity contribution >= 4 is 25.5 Å². The van der Waals surface area contributed by atoms with Crippen LogP contribution in [0.5, 0.6) is 0 Å². The van der Waals surface area contributed by atoms with E-state index in [1.165, 1.54) is 24.3 Å². The van der Waals surface area contributed by atoms with Gasteiger partial charge in [0.15, 0.2) is 9.84 Å². The second kappa shape index (κ2) is 6.36. The smallest absolute Gasteiger partial charge is 0.232 e. The maximum atomic E-state index is 11.7. The van der Waals surface area contributed by atoms with E-state index in [1.807, 2.05) is 0 Å². The van der Waals surface area contributed by atoms with Crippen LogP contribution in [0.15, 0.2) is 29.2 Å². The van der Waals surface area contributed by atoms with E-state index < -0.39 is 19.9 Å². The summed E-state index contributed by atoms with van der Waals surface area (Å²) in [6.45, 7) is 0.619. The Kier molecular flexibility index (Phi) is 5.33. The highest BCUT2D eigenvalue weighted by Gasteiger charge is 2.11. The number of hydrogen-bond donors (Lipinski definition) is 2. The van der Waals surface area contributed by atoms with Crippen LogP contribution in [0.2, 0.25) is 0 Å². The molecule has 0 unspecified atom stereocenters. The zero-order chi connectivity index (χ0) is 14.5. The third kappa shape index (κ3) is 5.58. The van der Waals surface area contributed by atoms with Gasteiger partial charge in [-0.1, -0.05) is 0 Å². The van der Waals surface area contributed by atoms with Crippen LogP contribution < -0.4 is 10.0 Å². The fraction of sp³-hybridized carbons (Fsp3) is 0.455. The molecule has 0 saturated heterocycles. The van der Waals surface area contributed by atoms with Gasteiger partial charge >= 0.3 is 0 Å². The standard InChI is InChI=1S/C11H18N2O4S2/c1-12-8-3-9-19(16,17)13-10-4-6-11(7-5-10)18(2,14)15/h4-7,12-13H,3,8-9H2,1-2H3. The van der Waals surface area contributed by atoms with E-state index in [-0.39, 0.29) is 10.6 Å². The highest BCUT2D eigenvalue weighted by atomic mass is 32.2. The molecule has 2 N–H and O–H groups in total. The second-order valence-corrected chi connectivity index (χ2v) is 8.03. The summed E-state index contributed by atoms with van der Waals surface area (Å²) in [6.07, 6.45) is 1.61. The van der Waals surface area contributed by atoms with Gasteiger partial charge in [0.2, 0.25) is 10.0 Å². The van der Waals surface area contributed by atoms with E-state index in [0.717, 1.165) is 6.26 Å². The van der Waals surface area contributed by atoms with Crippen molar-refractivity contribution in [2.45, 2.75) is 11.3 Å². The lowest BCUT2D eigenvalue weighted by Gasteiger charge is -2.08. The molecule has 0 bridgehead atoms. The molecule has 0 spiro atoms. The highest BCUT2D eigenvalue weighted by molar-refractivity contribution is 7.92. The van der Waals surface area contributed by atoms with Gasteiger partial charge < -0.3 is 5.32 Å². The summed E-state index contributed by atoms with van der Waals surface area (Å²) in [5, 5.41) is 2.87. The van der Waals surface area contributed by atoms with Gasteiger partial charge in [-0.15, -0.1) is 0 Å². The quantitative estimate of drug-likeness (QED) is 0.713. The third-order valence-electron chi connectivity index (χ3n) is 2.40. The second-order valence-electron chi connectivity index (χ2n) is 4.17. The zero-order valence-electron chi connectivity index (χ0n) is 10.9. The molecule has 0 aliphatic heterocycles. The summed E-state index contributed by atoms with van der Waals surface area (Å²) in [6, 6.07) is 5.62. The van der Waals surface area contributed by atoms with Gasteiger partial charge in [-0.05, 0) is 44.3 Å². The Hall–Kier alpha value is -1.12. The number of nitrogens with one attached hydrogen (secondary N) is 2. The van der Waals surface area contributed by atoms with Crippen LogP contribution >= 0.6 is 0 Å². The molecule has 0 atom stereocenters. The number of sulfonamides is 1. The molecule has 0 fully saturated rings. The molecule has 8 heteroatoms. The summed E-state index contributed by atoms with van der Waals surface area (Å²) in [5.74, 6) is 0.0155. The molecule has 1 rings (SSSR count). The van der Waals surface area contributed by atoms with Crippen LogP contribution in [0.25, 0.3) is 0 Å². The Morgan fingerprint density at radius 3 is 2.11 bits per heavy atom. The Bertz CT molecular complexity index is 607. The van der Waals surface area contributed by atoms with Crippen LogP contribution in [0, 0.1) is 0 Å². The van der Waals surface area contributed by atoms with Crippen molar-refractivity contribution < 1.29 is 16.8 Å². The summed E-state index contributed by atoms with van der Waals surface area (Å²) >= 11 is 0. The predicted molar refractivity (Wildman–Crippen MR) is 75.5 cm³/mol. The molecule has 0 saturated carbocycles. The molecular formula is C11H18N2O4S2. The van der Waals surface area contributed by atoms with Crippen molar-refractivity contribution in [3.8, 4) is 0 Å². The molecule has 0 heterocycles. The SMILES string of the molecule is CNCCCS(=O)(=O)Nc1ccc(S(C)(=O)=O)cc1. The van der Waals surface area contributed by atoms with Gasteiger partial charge in [-0.25, -0.2) is 16.8 Å². The summed E-state index contributed by atoms with van der Waals surface area (Å²) in [5.41, 5.74) is 0.358. The van der Waals surface area contributed by atoms with Gasteiger partial charge in [-0.3, -0.25) is 4.72 Å². The number of sulfone groups is 1. The molecule has 108 valence electrons. The van der Waals surface area contributed by atoms with Crippen molar-refractivity contribution in [1.29, 1.82) is 0 Å². The van der Waals surface area contributed by atoms with E-state index >= 15 is 0 Å². The normalized spacial score (nSPS) is 12.3. The van der Waals surface area contributed by atoms with Crippen LogP contribution in [-0.2, 0) is 19.9 Å². The molecule has 0 aromatic heterocycles. The fourth-order valence-electron chi connectivity index (χ4n) is 1.44. The van der Waals surface area contributed by atoms with E-state index in [0.29, 0.717) is 18.7 Å². The zero-order valence-corrected chi connectivity index (χ0v) is 12.5. The topological polar surface area (TPSA) is 92.3 Å². The first-order valence-corrected chi connectivity index (χ1v) is 9.24. The Labute approximate surface area is 114 Å². The first-order chi connectivity index (χ1) is 8.74. The van der Waals surface area contributed by atoms with E-state index in [1.54, 1.807) is 7.05 Å². The van der Waals surface area contributed by atoms with Gasteiger partial charge in [-0.2, -0.15) is 0 Å². The van der Waals surface area contributed by atoms with Gasteiger partial charge in [0.25, 0.3) is 0 Å². The Morgan fingerprint density at radius 1 is 1.05 bits per heavy atom. The van der Waals surface area contributed by atoms with Crippen LogP contribution in [-0.4, -0.2) is 42.4 Å². The summed E-state index contributed by atoms with van der Waals surface area (Å²) in [4.78, 5) is 0.158. The minimum absolute atomic E-state index is 0.0155. The van der Waals surface area contributed by atoms with Crippen LogP contribution in [0.4, 0.5) is 5.69 Å². The Balaban J connectivity index is 2.73. The fourth-order valence-corrected chi connectivity index (χ4v) is 3.19. The van der Waals surface area contributed by atoms with Gasteiger partial charge in [0, 0.05) is 11.9 Å². The van der Waals surface area contributed by atoms with Crippen molar-refractivity contribution in [2.75, 3.05) is 30.3 Å². The molecule has 0 aliphatic rings. The molecule has 0 aliphatic carbocycles. The lowest BCUT2D eigenvalue weighted by molar-refractivity contribution is 0.596. The van der Waals surface area contributed by atoms with Crippen molar-refractivity contribution in [3.05, 3.63) is 24.3 Å². The average molecular weight is 306 g/mol. The lowest BCUT2D eigenvalue weighted by atomic mass is 10.3. The predicted octanol–water partition coefficient (Wildman–Crippen LogP) is 0.441. The molecule has 1 aromatic rings. The van der Waals surface area contributed by atoms with E-state index in [9.17, 15) is 16.8 Å². The van der Waals surface area contributed by atoms with E-state index in [2.05, 4.69) is 10.0 Å². The van der Waals surface area contributed by atoms with E-state index in [4.69, 9.17) is 0 Å². The monoisotopic (exact) mass is 306 g/mol. The maximum Gasteiger partial charge on any atom is 0.232 e. The number of anilines is 1. The molecule has 19 heavy (non-hydrogen) atoms. The average Bonchev–Trinajstić information content (AvgIpc) is 2.28. The van der Waals surface area contributed by atoms with Crippen molar-refractivity contribution in [1.82, 2.24) is 5.32 Å². The molecule has 1 aromatic carbocycles. The molecule has 0 radical (unpaired) electrons. The third-order valence-corrected chi connectivity index (χ3v) is 4.90. The first kappa shape index (κ1) is 15.9. The van der Waals surface area contributed by atoms with Crippen molar-refractivity contribution in [2.24, 2.45) is 0 Å². The first-order valence-electron chi connectivity index (χ1n) is 5.70. The number of benzene rings is 1. The minimum Gasteiger partial charge on any atom is -0.320 e. The maximum absolute atomic E-state index is 11.7. The minimum atomic E-state index is -3.39. The molecule has 6 nitrogen and oxygen atoms in total. The molecular weight excluding hydrogens is 288 g/mol. The number of hydrogen-bond acceptors (Lipinski definition) is 5. The highest BCUT2D eigenvalue weighted by Crippen LogP contribution is 2.15. The summed E-state index contributed by atoms with van der Waals surface area (Å²) < 4.78 is 48.3. The lowest BCUT2D eigenvalue weighted by Crippen LogP contribution is -2.20. The van der Waals surface area contributed by atoms with Gasteiger partial charge in [0.1, 0.15) is 0 Å². The summed E-state index contributed by atoms with van der Waals surface area (Å²) in [7, 11) is -4.91.